The molecule has 0 bridgehead atoms. The summed E-state index contributed by atoms with van der Waals surface area (Å²) in [5.41, 5.74) is 2.95. The summed E-state index contributed by atoms with van der Waals surface area (Å²) in [6.07, 6.45) is 0.236. The van der Waals surface area contributed by atoms with Crippen molar-refractivity contribution >= 4 is 17.2 Å². The van der Waals surface area contributed by atoms with Crippen molar-refractivity contribution in [3.05, 3.63) is 57.8 Å². The summed E-state index contributed by atoms with van der Waals surface area (Å²) in [6.45, 7) is 5.21. The molecule has 4 heteroatoms. The quantitative estimate of drug-likeness (QED) is 0.882. The molecule has 0 spiro atoms. The van der Waals surface area contributed by atoms with Gasteiger partial charge < -0.3 is 10.1 Å². The van der Waals surface area contributed by atoms with Gasteiger partial charge in [-0.05, 0) is 36.4 Å². The standard InChI is InChI=1S/C16H19NO2S/c1-12(2)19-10-14-5-3-13(4-6-14)9-17-16(18)15-7-8-20-11-15/h3-8,11-12H,9-10H2,1-2H3,(H,17,18). The average Bonchev–Trinajstić information content (AvgIpc) is 2.98. The van der Waals surface area contributed by atoms with Crippen LogP contribution in [0.25, 0.3) is 0 Å². The molecule has 20 heavy (non-hydrogen) atoms. The average molecular weight is 289 g/mol. The summed E-state index contributed by atoms with van der Waals surface area (Å²) in [4.78, 5) is 11.8. The molecule has 3 nitrogen and oxygen atoms in total. The third kappa shape index (κ3) is 4.47. The highest BCUT2D eigenvalue weighted by Crippen LogP contribution is 2.08. The molecule has 0 saturated heterocycles. The van der Waals surface area contributed by atoms with Gasteiger partial charge in [0.05, 0.1) is 12.7 Å². The normalized spacial score (nSPS) is 10.8. The third-order valence-corrected chi connectivity index (χ3v) is 3.53. The van der Waals surface area contributed by atoms with Gasteiger partial charge in [0, 0.05) is 17.5 Å². The molecule has 2 rings (SSSR count). The molecule has 1 amide bonds. The largest absolute Gasteiger partial charge is 0.374 e. The van der Waals surface area contributed by atoms with E-state index in [4.69, 9.17) is 4.74 Å². The van der Waals surface area contributed by atoms with Crippen molar-refractivity contribution in [3.63, 3.8) is 0 Å². The lowest BCUT2D eigenvalue weighted by Crippen LogP contribution is -2.22. The fourth-order valence-electron chi connectivity index (χ4n) is 1.69. The van der Waals surface area contributed by atoms with Crippen LogP contribution in [-0.4, -0.2) is 12.0 Å². The minimum Gasteiger partial charge on any atom is -0.374 e. The van der Waals surface area contributed by atoms with Crippen LogP contribution >= 0.6 is 11.3 Å². The van der Waals surface area contributed by atoms with Gasteiger partial charge in [0.25, 0.3) is 5.91 Å². The number of ether oxygens (including phenoxy) is 1. The van der Waals surface area contributed by atoms with Crippen LogP contribution in [0.5, 0.6) is 0 Å². The molecule has 0 saturated carbocycles. The molecule has 0 atom stereocenters. The van der Waals surface area contributed by atoms with E-state index in [0.717, 1.165) is 16.7 Å². The summed E-state index contributed by atoms with van der Waals surface area (Å²) in [5.74, 6) is -0.0292. The SMILES string of the molecule is CC(C)OCc1ccc(CNC(=O)c2ccsc2)cc1. The second kappa shape index (κ2) is 7.22. The molecule has 2 aromatic rings. The van der Waals surface area contributed by atoms with Crippen LogP contribution in [0.15, 0.2) is 41.1 Å². The zero-order valence-electron chi connectivity index (χ0n) is 11.8. The predicted molar refractivity (Wildman–Crippen MR) is 81.9 cm³/mol. The third-order valence-electron chi connectivity index (χ3n) is 2.84. The zero-order valence-corrected chi connectivity index (χ0v) is 12.6. The highest BCUT2D eigenvalue weighted by molar-refractivity contribution is 7.08. The molecule has 1 N–H and O–H groups in total. The number of hydrogen-bond acceptors (Lipinski definition) is 3. The first-order valence-corrected chi connectivity index (χ1v) is 7.59. The first-order chi connectivity index (χ1) is 9.65. The Balaban J connectivity index is 1.83. The molecule has 0 aliphatic heterocycles. The molecule has 0 aliphatic carbocycles. The molecule has 106 valence electrons. The summed E-state index contributed by atoms with van der Waals surface area (Å²) in [7, 11) is 0. The van der Waals surface area contributed by atoms with Gasteiger partial charge >= 0.3 is 0 Å². The molecule has 1 aromatic carbocycles. The van der Waals surface area contributed by atoms with Gasteiger partial charge in [0.15, 0.2) is 0 Å². The van der Waals surface area contributed by atoms with E-state index in [1.807, 2.05) is 54.9 Å². The summed E-state index contributed by atoms with van der Waals surface area (Å²) < 4.78 is 5.55. The zero-order chi connectivity index (χ0) is 14.4. The van der Waals surface area contributed by atoms with Crippen molar-refractivity contribution in [1.82, 2.24) is 5.32 Å². The van der Waals surface area contributed by atoms with Crippen molar-refractivity contribution in [2.75, 3.05) is 0 Å². The first kappa shape index (κ1) is 14.8. The number of nitrogens with one attached hydrogen (secondary N) is 1. The summed E-state index contributed by atoms with van der Waals surface area (Å²) in [5, 5.41) is 6.66. The van der Waals surface area contributed by atoms with Gasteiger partial charge in [-0.3, -0.25) is 4.79 Å². The Morgan fingerprint density at radius 3 is 2.50 bits per heavy atom. The Kier molecular flexibility index (Phi) is 5.32. The molecular formula is C16H19NO2S. The molecular weight excluding hydrogens is 270 g/mol. The maximum Gasteiger partial charge on any atom is 0.252 e. The summed E-state index contributed by atoms with van der Waals surface area (Å²) in [6, 6.07) is 9.94. The van der Waals surface area contributed by atoms with E-state index >= 15 is 0 Å². The first-order valence-electron chi connectivity index (χ1n) is 6.65. The smallest absolute Gasteiger partial charge is 0.252 e. The van der Waals surface area contributed by atoms with Crippen LogP contribution in [0.2, 0.25) is 0 Å². The second-order valence-electron chi connectivity index (χ2n) is 4.87. The van der Waals surface area contributed by atoms with E-state index in [0.29, 0.717) is 13.2 Å². The van der Waals surface area contributed by atoms with Crippen molar-refractivity contribution in [1.29, 1.82) is 0 Å². The Bertz CT molecular complexity index is 532. The van der Waals surface area contributed by atoms with E-state index in [1.54, 1.807) is 0 Å². The second-order valence-corrected chi connectivity index (χ2v) is 5.65. The van der Waals surface area contributed by atoms with Gasteiger partial charge in [-0.25, -0.2) is 0 Å². The van der Waals surface area contributed by atoms with Crippen LogP contribution in [0, 0.1) is 0 Å². The van der Waals surface area contributed by atoms with Gasteiger partial charge in [0.1, 0.15) is 0 Å². The number of amides is 1. The van der Waals surface area contributed by atoms with Crippen molar-refractivity contribution in [3.8, 4) is 0 Å². The Hall–Kier alpha value is -1.65. The lowest BCUT2D eigenvalue weighted by molar-refractivity contribution is 0.0657. The number of rotatable bonds is 6. The number of carbonyl (C=O) groups excluding carboxylic acids is 1. The van der Waals surface area contributed by atoms with Crippen molar-refractivity contribution in [2.24, 2.45) is 0 Å². The minimum atomic E-state index is -0.0292. The van der Waals surface area contributed by atoms with Gasteiger partial charge in [0.2, 0.25) is 0 Å². The van der Waals surface area contributed by atoms with Gasteiger partial charge in [-0.15, -0.1) is 0 Å². The highest BCUT2D eigenvalue weighted by atomic mass is 32.1. The Morgan fingerprint density at radius 2 is 1.90 bits per heavy atom. The topological polar surface area (TPSA) is 38.3 Å². The fourth-order valence-corrected chi connectivity index (χ4v) is 2.33. The molecule has 0 unspecified atom stereocenters. The van der Waals surface area contributed by atoms with Crippen LogP contribution in [0.3, 0.4) is 0 Å². The van der Waals surface area contributed by atoms with Crippen LogP contribution in [-0.2, 0) is 17.9 Å². The maximum absolute atomic E-state index is 11.8. The van der Waals surface area contributed by atoms with E-state index in [9.17, 15) is 4.79 Å². The van der Waals surface area contributed by atoms with Crippen LogP contribution in [0.4, 0.5) is 0 Å². The van der Waals surface area contributed by atoms with Crippen LogP contribution in [0.1, 0.15) is 35.3 Å². The minimum absolute atomic E-state index is 0.0292. The lowest BCUT2D eigenvalue weighted by Gasteiger charge is -2.08. The van der Waals surface area contributed by atoms with Gasteiger partial charge in [-0.1, -0.05) is 24.3 Å². The van der Waals surface area contributed by atoms with E-state index in [2.05, 4.69) is 5.32 Å². The maximum atomic E-state index is 11.8. The van der Waals surface area contributed by atoms with E-state index < -0.39 is 0 Å². The molecule has 0 fully saturated rings. The monoisotopic (exact) mass is 289 g/mol. The Labute approximate surface area is 123 Å². The lowest BCUT2D eigenvalue weighted by atomic mass is 10.1. The van der Waals surface area contributed by atoms with E-state index in [1.165, 1.54) is 11.3 Å². The number of benzene rings is 1. The molecule has 0 radical (unpaired) electrons. The van der Waals surface area contributed by atoms with Crippen molar-refractivity contribution < 1.29 is 9.53 Å². The predicted octanol–water partition coefficient (Wildman–Crippen LogP) is 3.60. The number of carbonyl (C=O) groups is 1. The van der Waals surface area contributed by atoms with E-state index in [-0.39, 0.29) is 12.0 Å². The van der Waals surface area contributed by atoms with Gasteiger partial charge in [-0.2, -0.15) is 11.3 Å². The number of hydrogen-bond donors (Lipinski definition) is 1. The molecule has 1 aromatic heterocycles. The highest BCUT2D eigenvalue weighted by Gasteiger charge is 2.05. The van der Waals surface area contributed by atoms with Crippen molar-refractivity contribution in [2.45, 2.75) is 33.1 Å². The summed E-state index contributed by atoms with van der Waals surface area (Å²) >= 11 is 1.52. The van der Waals surface area contributed by atoms with Crippen LogP contribution < -0.4 is 5.32 Å². The fraction of sp³-hybridized carbons (Fsp3) is 0.312. The molecule has 0 aliphatic rings. The molecule has 1 heterocycles. The Morgan fingerprint density at radius 1 is 1.20 bits per heavy atom. The number of thiophene rings is 1.